The summed E-state index contributed by atoms with van der Waals surface area (Å²) in [4.78, 5) is 25.4. The molecule has 0 aromatic heterocycles. The van der Waals surface area contributed by atoms with Crippen LogP contribution in [0.1, 0.15) is 46.5 Å². The molecule has 0 unspecified atom stereocenters. The average Bonchev–Trinajstić information content (AvgIpc) is 2.68. The highest BCUT2D eigenvalue weighted by Gasteiger charge is 2.33. The lowest BCUT2D eigenvalue weighted by Gasteiger charge is -2.17. The molecule has 0 saturated carbocycles. The number of nitrogens with zero attached hydrogens (tertiary/aromatic N) is 1. The van der Waals surface area contributed by atoms with Crippen LogP contribution in [0.25, 0.3) is 0 Å². The lowest BCUT2D eigenvalue weighted by molar-refractivity contribution is -0.129. The first-order valence-corrected chi connectivity index (χ1v) is 6.66. The third-order valence-corrected chi connectivity index (χ3v) is 3.37. The van der Waals surface area contributed by atoms with E-state index in [1.165, 1.54) is 0 Å². The van der Waals surface area contributed by atoms with Crippen LogP contribution in [0.4, 0.5) is 0 Å². The maximum absolute atomic E-state index is 11.9. The predicted molar refractivity (Wildman–Crippen MR) is 67.5 cm³/mol. The summed E-state index contributed by atoms with van der Waals surface area (Å²) in [5, 5.41) is 2.95. The van der Waals surface area contributed by atoms with Gasteiger partial charge >= 0.3 is 0 Å². The molecule has 0 aromatic carbocycles. The molecule has 1 N–H and O–H groups in total. The van der Waals surface area contributed by atoms with E-state index in [0.29, 0.717) is 13.0 Å². The van der Waals surface area contributed by atoms with Crippen molar-refractivity contribution in [3.05, 3.63) is 0 Å². The highest BCUT2D eigenvalue weighted by molar-refractivity contribution is 5.89. The first kappa shape index (κ1) is 14.0. The molecule has 0 radical (unpaired) electrons. The van der Waals surface area contributed by atoms with Crippen LogP contribution in [-0.2, 0) is 9.59 Å². The fourth-order valence-corrected chi connectivity index (χ4v) is 1.98. The SMILES string of the molecule is CCCCN1C[C@H](C(=O)N[C@H](C)CC)CC1=O. The van der Waals surface area contributed by atoms with Gasteiger partial charge in [-0.05, 0) is 19.8 Å². The van der Waals surface area contributed by atoms with E-state index in [-0.39, 0.29) is 23.8 Å². The molecule has 1 saturated heterocycles. The number of hydrogen-bond donors (Lipinski definition) is 1. The molecule has 2 amide bonds. The van der Waals surface area contributed by atoms with Crippen molar-refractivity contribution < 1.29 is 9.59 Å². The highest BCUT2D eigenvalue weighted by atomic mass is 16.2. The van der Waals surface area contributed by atoms with Gasteiger partial charge in [-0.25, -0.2) is 0 Å². The average molecular weight is 240 g/mol. The van der Waals surface area contributed by atoms with Crippen molar-refractivity contribution in [1.29, 1.82) is 0 Å². The molecule has 0 spiro atoms. The van der Waals surface area contributed by atoms with Crippen molar-refractivity contribution in [1.82, 2.24) is 10.2 Å². The summed E-state index contributed by atoms with van der Waals surface area (Å²) < 4.78 is 0. The summed E-state index contributed by atoms with van der Waals surface area (Å²) in [6.45, 7) is 7.53. The van der Waals surface area contributed by atoms with Gasteiger partial charge in [0.1, 0.15) is 0 Å². The molecular weight excluding hydrogens is 216 g/mol. The molecule has 0 bridgehead atoms. The van der Waals surface area contributed by atoms with Crippen molar-refractivity contribution >= 4 is 11.8 Å². The van der Waals surface area contributed by atoms with Gasteiger partial charge in [-0.3, -0.25) is 9.59 Å². The van der Waals surface area contributed by atoms with E-state index in [1.807, 2.05) is 18.7 Å². The van der Waals surface area contributed by atoms with E-state index in [1.54, 1.807) is 0 Å². The third kappa shape index (κ3) is 4.02. The van der Waals surface area contributed by atoms with Crippen molar-refractivity contribution in [2.24, 2.45) is 5.92 Å². The lowest BCUT2D eigenvalue weighted by Crippen LogP contribution is -2.38. The lowest BCUT2D eigenvalue weighted by atomic mass is 10.1. The molecule has 98 valence electrons. The van der Waals surface area contributed by atoms with Crippen LogP contribution < -0.4 is 5.32 Å². The molecule has 1 aliphatic rings. The quantitative estimate of drug-likeness (QED) is 0.766. The molecule has 1 fully saturated rings. The van der Waals surface area contributed by atoms with Crippen molar-refractivity contribution in [3.8, 4) is 0 Å². The topological polar surface area (TPSA) is 49.4 Å². The Morgan fingerprint density at radius 2 is 2.24 bits per heavy atom. The number of likely N-dealkylation sites (tertiary alicyclic amines) is 1. The predicted octanol–water partition coefficient (Wildman–Crippen LogP) is 1.55. The van der Waals surface area contributed by atoms with Crippen LogP contribution in [-0.4, -0.2) is 35.8 Å². The van der Waals surface area contributed by atoms with Crippen LogP contribution in [0.15, 0.2) is 0 Å². The van der Waals surface area contributed by atoms with Crippen LogP contribution in [0, 0.1) is 5.92 Å². The third-order valence-electron chi connectivity index (χ3n) is 3.37. The number of amides is 2. The summed E-state index contributed by atoms with van der Waals surface area (Å²) in [5.41, 5.74) is 0. The summed E-state index contributed by atoms with van der Waals surface area (Å²) in [5.74, 6) is 0.0165. The summed E-state index contributed by atoms with van der Waals surface area (Å²) in [6, 6.07) is 0.197. The molecule has 1 aliphatic heterocycles. The fraction of sp³-hybridized carbons (Fsp3) is 0.846. The van der Waals surface area contributed by atoms with E-state index in [2.05, 4.69) is 12.2 Å². The highest BCUT2D eigenvalue weighted by Crippen LogP contribution is 2.18. The van der Waals surface area contributed by atoms with E-state index < -0.39 is 0 Å². The first-order valence-electron chi connectivity index (χ1n) is 6.66. The Bertz CT molecular complexity index is 279. The minimum absolute atomic E-state index is 0.0340. The molecule has 4 nitrogen and oxygen atoms in total. The number of rotatable bonds is 6. The normalized spacial score (nSPS) is 21.7. The number of hydrogen-bond acceptors (Lipinski definition) is 2. The van der Waals surface area contributed by atoms with Gasteiger partial charge in [0.25, 0.3) is 0 Å². The monoisotopic (exact) mass is 240 g/mol. The van der Waals surface area contributed by atoms with Gasteiger partial charge in [0.15, 0.2) is 0 Å². The van der Waals surface area contributed by atoms with Gasteiger partial charge in [0.2, 0.25) is 11.8 Å². The van der Waals surface area contributed by atoms with Gasteiger partial charge in [-0.15, -0.1) is 0 Å². The Labute approximate surface area is 104 Å². The second kappa shape index (κ2) is 6.62. The van der Waals surface area contributed by atoms with Gasteiger partial charge in [-0.2, -0.15) is 0 Å². The molecule has 0 aromatic rings. The number of nitrogens with one attached hydrogen (secondary N) is 1. The van der Waals surface area contributed by atoms with Crippen molar-refractivity contribution in [2.45, 2.75) is 52.5 Å². The number of unbranched alkanes of at least 4 members (excludes halogenated alkanes) is 1. The zero-order valence-corrected chi connectivity index (χ0v) is 11.2. The summed E-state index contributed by atoms with van der Waals surface area (Å²) in [7, 11) is 0. The Morgan fingerprint density at radius 3 is 2.82 bits per heavy atom. The second-order valence-corrected chi connectivity index (χ2v) is 4.91. The van der Waals surface area contributed by atoms with Crippen molar-refractivity contribution in [3.63, 3.8) is 0 Å². The van der Waals surface area contributed by atoms with Gasteiger partial charge < -0.3 is 10.2 Å². The van der Waals surface area contributed by atoms with E-state index in [0.717, 1.165) is 25.8 Å². The number of carbonyl (C=O) groups excluding carboxylic acids is 2. The van der Waals surface area contributed by atoms with Crippen LogP contribution >= 0.6 is 0 Å². The zero-order valence-electron chi connectivity index (χ0n) is 11.2. The maximum Gasteiger partial charge on any atom is 0.225 e. The fourth-order valence-electron chi connectivity index (χ4n) is 1.98. The van der Waals surface area contributed by atoms with E-state index >= 15 is 0 Å². The van der Waals surface area contributed by atoms with E-state index in [4.69, 9.17) is 0 Å². The molecule has 2 atom stereocenters. The smallest absolute Gasteiger partial charge is 0.225 e. The standard InChI is InChI=1S/C13H24N2O2/c1-4-6-7-15-9-11(8-12(15)16)13(17)14-10(3)5-2/h10-11H,4-9H2,1-3H3,(H,14,17)/t10-,11-/m1/s1. The molecule has 4 heteroatoms. The van der Waals surface area contributed by atoms with Crippen molar-refractivity contribution in [2.75, 3.05) is 13.1 Å². The molecule has 0 aliphatic carbocycles. The van der Waals surface area contributed by atoms with Crippen LogP contribution in [0.2, 0.25) is 0 Å². The minimum atomic E-state index is -0.145. The molecule has 17 heavy (non-hydrogen) atoms. The zero-order chi connectivity index (χ0) is 12.8. The van der Waals surface area contributed by atoms with Gasteiger partial charge in [0.05, 0.1) is 5.92 Å². The largest absolute Gasteiger partial charge is 0.353 e. The molecular formula is C13H24N2O2. The Kier molecular flexibility index (Phi) is 5.45. The van der Waals surface area contributed by atoms with Gasteiger partial charge in [-0.1, -0.05) is 20.3 Å². The number of carbonyl (C=O) groups is 2. The Balaban J connectivity index is 2.42. The molecule has 1 rings (SSSR count). The maximum atomic E-state index is 11.9. The van der Waals surface area contributed by atoms with Crippen LogP contribution in [0.5, 0.6) is 0 Å². The van der Waals surface area contributed by atoms with Gasteiger partial charge in [0, 0.05) is 25.6 Å². The minimum Gasteiger partial charge on any atom is -0.353 e. The summed E-state index contributed by atoms with van der Waals surface area (Å²) in [6.07, 6.45) is 3.40. The van der Waals surface area contributed by atoms with Crippen LogP contribution in [0.3, 0.4) is 0 Å². The first-order chi connectivity index (χ1) is 8.08. The molecule has 1 heterocycles. The van der Waals surface area contributed by atoms with E-state index in [9.17, 15) is 9.59 Å². The Morgan fingerprint density at radius 1 is 1.53 bits per heavy atom. The Hall–Kier alpha value is -1.06. The second-order valence-electron chi connectivity index (χ2n) is 4.91. The summed E-state index contributed by atoms with van der Waals surface area (Å²) >= 11 is 0.